The van der Waals surface area contributed by atoms with Crippen molar-refractivity contribution in [3.63, 3.8) is 0 Å². The number of rotatable bonds is 5. The molecular formula is C14H17ClFN3O2S3. The lowest BCUT2D eigenvalue weighted by Crippen LogP contribution is -2.45. The molecule has 5 nitrogen and oxygen atoms in total. The van der Waals surface area contributed by atoms with Gasteiger partial charge in [-0.05, 0) is 18.6 Å². The zero-order valence-corrected chi connectivity index (χ0v) is 16.1. The van der Waals surface area contributed by atoms with Gasteiger partial charge in [0.1, 0.15) is 10.4 Å². The van der Waals surface area contributed by atoms with Gasteiger partial charge in [-0.1, -0.05) is 23.4 Å². The van der Waals surface area contributed by atoms with Gasteiger partial charge in [0, 0.05) is 44.2 Å². The third kappa shape index (κ3) is 3.80. The van der Waals surface area contributed by atoms with Gasteiger partial charge in [-0.15, -0.1) is 11.3 Å². The van der Waals surface area contributed by atoms with Crippen LogP contribution in [0.3, 0.4) is 0 Å². The third-order valence-electron chi connectivity index (χ3n) is 3.99. The molecule has 3 rings (SSSR count). The molecule has 0 aliphatic carbocycles. The number of hydrogen-bond acceptors (Lipinski definition) is 5. The zero-order valence-electron chi connectivity index (χ0n) is 12.9. The van der Waals surface area contributed by atoms with E-state index in [9.17, 15) is 12.8 Å². The number of piperidine rings is 1. The number of alkyl halides is 1. The fourth-order valence-corrected chi connectivity index (χ4v) is 6.81. The average Bonchev–Trinajstić information content (AvgIpc) is 3.15. The van der Waals surface area contributed by atoms with Crippen molar-refractivity contribution in [1.29, 1.82) is 0 Å². The molecule has 0 aromatic carbocycles. The maximum Gasteiger partial charge on any atom is 0.252 e. The number of thioether (sulfide) groups is 1. The number of aryl methyl sites for hydroxylation is 1. The van der Waals surface area contributed by atoms with E-state index in [1.807, 2.05) is 17.8 Å². The topological polar surface area (TPSA) is 55.2 Å². The Morgan fingerprint density at radius 1 is 1.50 bits per heavy atom. The predicted octanol–water partition coefficient (Wildman–Crippen LogP) is 3.28. The molecule has 2 aromatic rings. The van der Waals surface area contributed by atoms with Gasteiger partial charge in [0.2, 0.25) is 0 Å². The van der Waals surface area contributed by atoms with Crippen molar-refractivity contribution < 1.29 is 12.8 Å². The Hall–Kier alpha value is -0.610. The normalized spacial score (nSPS) is 22.8. The second kappa shape index (κ2) is 7.33. The Bertz CT molecular complexity index is 808. The quantitative estimate of drug-likeness (QED) is 0.711. The molecule has 1 saturated heterocycles. The van der Waals surface area contributed by atoms with Crippen molar-refractivity contribution in [1.82, 2.24) is 13.9 Å². The monoisotopic (exact) mass is 409 g/mol. The summed E-state index contributed by atoms with van der Waals surface area (Å²) in [6.45, 7) is 0.216. The highest BCUT2D eigenvalue weighted by molar-refractivity contribution is 7.99. The number of halogens is 2. The lowest BCUT2D eigenvalue weighted by atomic mass is 9.98. The standard InChI is InChI=1S/C14H17ClFN3O2S3/c1-18-7-5-17-14(18)22-9-10-4-6-19(8-11(10)16)24(20,21)13-3-2-12(15)23-13/h2-3,5,7,10-11H,4,6,8-9H2,1H3/t10-,11+/m1/s1. The summed E-state index contributed by atoms with van der Waals surface area (Å²) in [6.07, 6.45) is 2.86. The van der Waals surface area contributed by atoms with Gasteiger partial charge in [0.15, 0.2) is 5.16 Å². The van der Waals surface area contributed by atoms with Crippen LogP contribution in [0.25, 0.3) is 0 Å². The predicted molar refractivity (Wildman–Crippen MR) is 95.0 cm³/mol. The highest BCUT2D eigenvalue weighted by Gasteiger charge is 2.36. The van der Waals surface area contributed by atoms with Crippen LogP contribution in [0.5, 0.6) is 0 Å². The first-order chi connectivity index (χ1) is 11.4. The number of imidazole rings is 1. The number of thiophene rings is 1. The van der Waals surface area contributed by atoms with Crippen molar-refractivity contribution in [2.24, 2.45) is 13.0 Å². The molecule has 1 aliphatic heterocycles. The Labute approximate surface area is 153 Å². The average molecular weight is 410 g/mol. The lowest BCUT2D eigenvalue weighted by molar-refractivity contribution is 0.146. The molecule has 132 valence electrons. The summed E-state index contributed by atoms with van der Waals surface area (Å²) in [5, 5.41) is 0.838. The molecule has 1 fully saturated rings. The summed E-state index contributed by atoms with van der Waals surface area (Å²) < 4.78 is 43.3. The molecule has 3 heterocycles. The fourth-order valence-electron chi connectivity index (χ4n) is 2.57. The molecular weight excluding hydrogens is 393 g/mol. The molecule has 2 aromatic heterocycles. The highest BCUT2D eigenvalue weighted by atomic mass is 35.5. The van der Waals surface area contributed by atoms with E-state index in [-0.39, 0.29) is 16.7 Å². The molecule has 1 aliphatic rings. The van der Waals surface area contributed by atoms with Gasteiger partial charge >= 0.3 is 0 Å². The zero-order chi connectivity index (χ0) is 17.3. The van der Waals surface area contributed by atoms with Gasteiger partial charge in [0.25, 0.3) is 10.0 Å². The number of sulfonamides is 1. The van der Waals surface area contributed by atoms with Crippen LogP contribution >= 0.6 is 34.7 Å². The summed E-state index contributed by atoms with van der Waals surface area (Å²) in [5.74, 6) is 0.412. The first-order valence-electron chi connectivity index (χ1n) is 7.37. The van der Waals surface area contributed by atoms with Crippen molar-refractivity contribution in [3.8, 4) is 0 Å². The first-order valence-corrected chi connectivity index (χ1v) is 11.0. The molecule has 0 radical (unpaired) electrons. The maximum atomic E-state index is 14.5. The van der Waals surface area contributed by atoms with Gasteiger partial charge in [-0.25, -0.2) is 17.8 Å². The molecule has 0 bridgehead atoms. The lowest BCUT2D eigenvalue weighted by Gasteiger charge is -2.33. The van der Waals surface area contributed by atoms with Crippen molar-refractivity contribution >= 4 is 44.7 Å². The highest BCUT2D eigenvalue weighted by Crippen LogP contribution is 2.33. The van der Waals surface area contributed by atoms with Crippen LogP contribution in [0, 0.1) is 5.92 Å². The van der Waals surface area contributed by atoms with Crippen LogP contribution in [0.2, 0.25) is 4.34 Å². The van der Waals surface area contributed by atoms with Crippen LogP contribution in [-0.4, -0.2) is 47.3 Å². The largest absolute Gasteiger partial charge is 0.329 e. The SMILES string of the molecule is Cn1ccnc1SC[C@H]1CCN(S(=O)(=O)c2ccc(Cl)s2)C[C@@H]1F. The van der Waals surface area contributed by atoms with Crippen LogP contribution in [0.15, 0.2) is 33.9 Å². The van der Waals surface area contributed by atoms with Crippen LogP contribution in [0.1, 0.15) is 6.42 Å². The summed E-state index contributed by atoms with van der Waals surface area (Å²) >= 11 is 8.31. The van der Waals surface area contributed by atoms with Crippen molar-refractivity contribution in [2.75, 3.05) is 18.8 Å². The van der Waals surface area contributed by atoms with Gasteiger partial charge < -0.3 is 4.57 Å². The summed E-state index contributed by atoms with van der Waals surface area (Å²) in [6, 6.07) is 3.01. The molecule has 0 spiro atoms. The Kier molecular flexibility index (Phi) is 5.55. The minimum absolute atomic E-state index is 0.107. The molecule has 10 heteroatoms. The number of hydrogen-bond donors (Lipinski definition) is 0. The molecule has 0 saturated carbocycles. The van der Waals surface area contributed by atoms with E-state index in [4.69, 9.17) is 11.6 Å². The van der Waals surface area contributed by atoms with Gasteiger partial charge in [-0.2, -0.15) is 4.31 Å². The second-order valence-corrected chi connectivity index (χ2v) is 10.5. The Balaban J connectivity index is 1.61. The third-order valence-corrected chi connectivity index (χ3v) is 8.80. The molecule has 0 unspecified atom stereocenters. The fraction of sp³-hybridized carbons (Fsp3) is 0.500. The van der Waals surface area contributed by atoms with Crippen LogP contribution < -0.4 is 0 Å². The summed E-state index contributed by atoms with van der Waals surface area (Å²) in [7, 11) is -1.77. The number of nitrogens with zero attached hydrogens (tertiary/aromatic N) is 3. The van der Waals surface area contributed by atoms with Crippen LogP contribution in [-0.2, 0) is 17.1 Å². The van der Waals surface area contributed by atoms with Crippen LogP contribution in [0.4, 0.5) is 4.39 Å². The van der Waals surface area contributed by atoms with Gasteiger partial charge in [0.05, 0.1) is 4.34 Å². The first kappa shape index (κ1) is 18.2. The molecule has 2 atom stereocenters. The smallest absolute Gasteiger partial charge is 0.252 e. The summed E-state index contributed by atoms with van der Waals surface area (Å²) in [5.41, 5.74) is 0. The molecule has 24 heavy (non-hydrogen) atoms. The van der Waals surface area contributed by atoms with E-state index in [0.29, 0.717) is 23.1 Å². The number of aromatic nitrogens is 2. The Morgan fingerprint density at radius 3 is 2.88 bits per heavy atom. The molecule has 0 N–H and O–H groups in total. The van der Waals surface area contributed by atoms with Gasteiger partial charge in [-0.3, -0.25) is 0 Å². The van der Waals surface area contributed by atoms with Crippen molar-refractivity contribution in [3.05, 3.63) is 28.9 Å². The van der Waals surface area contributed by atoms with E-state index >= 15 is 0 Å². The van der Waals surface area contributed by atoms with Crippen molar-refractivity contribution in [2.45, 2.75) is 22.0 Å². The van der Waals surface area contributed by atoms with E-state index in [0.717, 1.165) is 16.5 Å². The second-order valence-electron chi connectivity index (χ2n) is 5.62. The maximum absolute atomic E-state index is 14.5. The minimum atomic E-state index is -3.66. The molecule has 0 amide bonds. The summed E-state index contributed by atoms with van der Waals surface area (Å²) in [4.78, 5) is 4.21. The van der Waals surface area contributed by atoms with E-state index in [1.54, 1.807) is 12.3 Å². The minimum Gasteiger partial charge on any atom is -0.329 e. The van der Waals surface area contributed by atoms with E-state index < -0.39 is 16.2 Å². The Morgan fingerprint density at radius 2 is 2.29 bits per heavy atom. The van der Waals surface area contributed by atoms with E-state index in [2.05, 4.69) is 4.98 Å². The van der Waals surface area contributed by atoms with E-state index in [1.165, 1.54) is 22.1 Å².